The van der Waals surface area contributed by atoms with Crippen LogP contribution in [0.15, 0.2) is 12.3 Å². The van der Waals surface area contributed by atoms with Gasteiger partial charge in [-0.3, -0.25) is 0 Å². The van der Waals surface area contributed by atoms with Crippen LogP contribution in [0.25, 0.3) is 0 Å². The first-order valence-corrected chi connectivity index (χ1v) is 3.62. The quantitative estimate of drug-likeness (QED) is 0.473. The van der Waals surface area contributed by atoms with Gasteiger partial charge in [-0.25, -0.2) is 0 Å². The van der Waals surface area contributed by atoms with Crippen molar-refractivity contribution >= 4 is 5.82 Å². The highest BCUT2D eigenvalue weighted by Gasteiger charge is 2.26. The maximum atomic E-state index is 10.5. The fourth-order valence-electron chi connectivity index (χ4n) is 0.951. The number of nitro groups is 1. The molecule has 1 rings (SSSR count). The van der Waals surface area contributed by atoms with Crippen molar-refractivity contribution in [2.24, 2.45) is 0 Å². The van der Waals surface area contributed by atoms with Crippen molar-refractivity contribution in [1.82, 2.24) is 9.78 Å². The molecule has 0 bridgehead atoms. The van der Waals surface area contributed by atoms with Crippen molar-refractivity contribution in [3.63, 3.8) is 0 Å². The molecule has 0 aliphatic heterocycles. The Morgan fingerprint density at radius 1 is 1.58 bits per heavy atom. The van der Waals surface area contributed by atoms with E-state index in [2.05, 4.69) is 5.10 Å². The molecule has 0 saturated heterocycles. The van der Waals surface area contributed by atoms with Gasteiger partial charge in [0, 0.05) is 0 Å². The molecule has 0 radical (unpaired) electrons. The van der Waals surface area contributed by atoms with Crippen LogP contribution < -0.4 is 0 Å². The molecule has 0 amide bonds. The van der Waals surface area contributed by atoms with Crippen LogP contribution in [0.4, 0.5) is 5.82 Å². The van der Waals surface area contributed by atoms with Crippen molar-refractivity contribution in [1.29, 1.82) is 0 Å². The average molecular weight is 169 g/mol. The van der Waals surface area contributed by atoms with Crippen molar-refractivity contribution in [3.8, 4) is 0 Å². The first-order chi connectivity index (χ1) is 5.43. The summed E-state index contributed by atoms with van der Waals surface area (Å²) in [6, 6.07) is 1.39. The molecular weight excluding hydrogens is 158 g/mol. The van der Waals surface area contributed by atoms with E-state index < -0.39 is 4.92 Å². The lowest BCUT2D eigenvalue weighted by Crippen LogP contribution is -2.24. The predicted molar refractivity (Wildman–Crippen MR) is 43.9 cm³/mol. The smallest absolute Gasteiger partial charge is 0.345 e. The normalized spacial score (nSPS) is 11.6. The second kappa shape index (κ2) is 2.58. The minimum atomic E-state index is -0.432. The zero-order valence-corrected chi connectivity index (χ0v) is 7.31. The van der Waals surface area contributed by atoms with Crippen LogP contribution in [0.2, 0.25) is 0 Å². The lowest BCUT2D eigenvalue weighted by atomic mass is 10.1. The molecule has 1 aromatic rings. The molecule has 1 heterocycles. The Balaban J connectivity index is 3.17. The number of hydrogen-bond donors (Lipinski definition) is 0. The van der Waals surface area contributed by atoms with Gasteiger partial charge in [0.1, 0.15) is 5.54 Å². The predicted octanol–water partition coefficient (Wildman–Crippen LogP) is 1.55. The molecule has 5 heteroatoms. The summed E-state index contributed by atoms with van der Waals surface area (Å²) in [6.45, 7) is 5.60. The Morgan fingerprint density at radius 2 is 2.17 bits per heavy atom. The largest absolute Gasteiger partial charge is 0.358 e. The number of hydrogen-bond acceptors (Lipinski definition) is 3. The number of rotatable bonds is 1. The van der Waals surface area contributed by atoms with E-state index in [-0.39, 0.29) is 11.4 Å². The minimum absolute atomic E-state index is 0.0301. The van der Waals surface area contributed by atoms with E-state index in [1.54, 1.807) is 0 Å². The summed E-state index contributed by atoms with van der Waals surface area (Å²) in [5.41, 5.74) is -0.341. The van der Waals surface area contributed by atoms with Crippen molar-refractivity contribution in [2.75, 3.05) is 0 Å². The van der Waals surface area contributed by atoms with Gasteiger partial charge in [-0.05, 0) is 25.7 Å². The summed E-state index contributed by atoms with van der Waals surface area (Å²) in [5, 5.41) is 14.4. The van der Waals surface area contributed by atoms with E-state index >= 15 is 0 Å². The third-order valence-corrected chi connectivity index (χ3v) is 1.45. The molecule has 0 aliphatic carbocycles. The molecule has 0 unspecified atom stereocenters. The van der Waals surface area contributed by atoms with Gasteiger partial charge in [-0.2, -0.15) is 0 Å². The van der Waals surface area contributed by atoms with Crippen LogP contribution >= 0.6 is 0 Å². The Kier molecular flexibility index (Phi) is 1.87. The molecule has 12 heavy (non-hydrogen) atoms. The van der Waals surface area contributed by atoms with Gasteiger partial charge in [-0.1, -0.05) is 5.10 Å². The van der Waals surface area contributed by atoms with Crippen molar-refractivity contribution in [2.45, 2.75) is 26.3 Å². The SMILES string of the molecule is CC(C)(C)n1nccc1[N+](=O)[O-]. The van der Waals surface area contributed by atoms with E-state index in [1.165, 1.54) is 16.9 Å². The van der Waals surface area contributed by atoms with Crippen LogP contribution in [0.3, 0.4) is 0 Å². The lowest BCUT2D eigenvalue weighted by molar-refractivity contribution is -0.393. The van der Waals surface area contributed by atoms with Gasteiger partial charge in [0.2, 0.25) is 0 Å². The fourth-order valence-corrected chi connectivity index (χ4v) is 0.951. The third-order valence-electron chi connectivity index (χ3n) is 1.45. The molecule has 0 atom stereocenters. The van der Waals surface area contributed by atoms with Gasteiger partial charge in [0.05, 0.1) is 12.3 Å². The van der Waals surface area contributed by atoms with Gasteiger partial charge < -0.3 is 10.1 Å². The van der Waals surface area contributed by atoms with Gasteiger partial charge in [0.15, 0.2) is 0 Å². The second-order valence-electron chi connectivity index (χ2n) is 3.53. The van der Waals surface area contributed by atoms with E-state index in [1.807, 2.05) is 20.8 Å². The maximum absolute atomic E-state index is 10.5. The molecule has 0 saturated carbocycles. The lowest BCUT2D eigenvalue weighted by Gasteiger charge is -2.13. The summed E-state index contributed by atoms with van der Waals surface area (Å²) in [6.07, 6.45) is 1.43. The highest BCUT2D eigenvalue weighted by atomic mass is 16.6. The molecule has 0 N–H and O–H groups in total. The molecule has 66 valence electrons. The van der Waals surface area contributed by atoms with Crippen LogP contribution in [0, 0.1) is 10.1 Å². The summed E-state index contributed by atoms with van der Waals surface area (Å²) >= 11 is 0. The monoisotopic (exact) mass is 169 g/mol. The Morgan fingerprint density at radius 3 is 2.50 bits per heavy atom. The van der Waals surface area contributed by atoms with Crippen LogP contribution in [0.5, 0.6) is 0 Å². The summed E-state index contributed by atoms with van der Waals surface area (Å²) in [7, 11) is 0. The second-order valence-corrected chi connectivity index (χ2v) is 3.53. The molecule has 5 nitrogen and oxygen atoms in total. The van der Waals surface area contributed by atoms with Crippen LogP contribution in [0.1, 0.15) is 20.8 Å². The first kappa shape index (κ1) is 8.70. The Bertz CT molecular complexity index is 298. The van der Waals surface area contributed by atoms with E-state index in [9.17, 15) is 10.1 Å². The fraction of sp³-hybridized carbons (Fsp3) is 0.571. The zero-order valence-electron chi connectivity index (χ0n) is 7.31. The standard InChI is InChI=1S/C7H11N3O2/c1-7(2,3)9-6(10(11)12)4-5-8-9/h4-5H,1-3H3. The van der Waals surface area contributed by atoms with Gasteiger partial charge in [0.25, 0.3) is 0 Å². The number of aromatic nitrogens is 2. The van der Waals surface area contributed by atoms with Crippen molar-refractivity contribution in [3.05, 3.63) is 22.4 Å². The van der Waals surface area contributed by atoms with Gasteiger partial charge >= 0.3 is 5.82 Å². The topological polar surface area (TPSA) is 61.0 Å². The number of nitrogens with zero attached hydrogens (tertiary/aromatic N) is 3. The molecule has 0 aromatic carbocycles. The summed E-state index contributed by atoms with van der Waals surface area (Å²) < 4.78 is 1.40. The summed E-state index contributed by atoms with van der Waals surface area (Å²) in [5.74, 6) is 0.0301. The Hall–Kier alpha value is -1.39. The molecule has 0 fully saturated rings. The van der Waals surface area contributed by atoms with Crippen LogP contribution in [-0.4, -0.2) is 14.7 Å². The van der Waals surface area contributed by atoms with Crippen LogP contribution in [-0.2, 0) is 5.54 Å². The highest BCUT2D eigenvalue weighted by Crippen LogP contribution is 2.20. The van der Waals surface area contributed by atoms with E-state index in [0.717, 1.165) is 0 Å². The van der Waals surface area contributed by atoms with Crippen molar-refractivity contribution < 1.29 is 4.92 Å². The highest BCUT2D eigenvalue weighted by molar-refractivity contribution is 5.18. The average Bonchev–Trinajstić information content (AvgIpc) is 2.30. The molecular formula is C7H11N3O2. The van der Waals surface area contributed by atoms with E-state index in [0.29, 0.717) is 0 Å². The Labute approximate surface area is 70.2 Å². The first-order valence-electron chi connectivity index (χ1n) is 3.62. The molecule has 0 spiro atoms. The maximum Gasteiger partial charge on any atom is 0.345 e. The molecule has 1 aromatic heterocycles. The van der Waals surface area contributed by atoms with Gasteiger partial charge in [-0.15, -0.1) is 4.68 Å². The van der Waals surface area contributed by atoms with E-state index in [4.69, 9.17) is 0 Å². The minimum Gasteiger partial charge on any atom is -0.358 e. The zero-order chi connectivity index (χ0) is 9.35. The molecule has 0 aliphatic rings. The third kappa shape index (κ3) is 1.44. The summed E-state index contributed by atoms with van der Waals surface area (Å²) in [4.78, 5) is 10.0.